The number of piperidine rings is 1. The first-order valence-corrected chi connectivity index (χ1v) is 10.1. The molecule has 4 rings (SSSR count). The van der Waals surface area contributed by atoms with Gasteiger partial charge in [-0.05, 0) is 31.7 Å². The number of rotatable bonds is 5. The number of nitrogens with zero attached hydrogens (tertiary/aromatic N) is 3. The highest BCUT2D eigenvalue weighted by atomic mass is 35.5. The monoisotopic (exact) mass is 420 g/mol. The summed E-state index contributed by atoms with van der Waals surface area (Å²) in [6.45, 7) is 1.56. The van der Waals surface area contributed by atoms with Crippen molar-refractivity contribution in [1.29, 1.82) is 0 Å². The lowest BCUT2D eigenvalue weighted by Gasteiger charge is -2.32. The molecule has 2 aliphatic rings. The van der Waals surface area contributed by atoms with E-state index in [9.17, 15) is 4.79 Å². The highest BCUT2D eigenvalue weighted by molar-refractivity contribution is 5.91. The molecule has 1 aliphatic carbocycles. The maximum atomic E-state index is 12.7. The summed E-state index contributed by atoms with van der Waals surface area (Å²) in [7, 11) is 3.19. The Hall–Kier alpha value is -2.28. The van der Waals surface area contributed by atoms with Gasteiger partial charge in [0, 0.05) is 36.4 Å². The maximum absolute atomic E-state index is 12.7. The largest absolute Gasteiger partial charge is 0.493 e. The van der Waals surface area contributed by atoms with E-state index in [1.54, 1.807) is 20.3 Å². The lowest BCUT2D eigenvalue weighted by atomic mass is 9.85. The average Bonchev–Trinajstić information content (AvgIpc) is 3.27. The number of fused-ring (bicyclic) bond motifs is 1. The fourth-order valence-electron chi connectivity index (χ4n) is 4.52. The Morgan fingerprint density at radius 1 is 1.00 bits per heavy atom. The van der Waals surface area contributed by atoms with Gasteiger partial charge in [-0.25, -0.2) is 4.98 Å². The molecule has 1 aliphatic heterocycles. The molecule has 0 spiro atoms. The number of Topliss-reactive ketones (excluding diaryl/α,β-unsaturated/α-hetero) is 1. The molecular weight excluding hydrogens is 392 g/mol. The molecule has 0 radical (unpaired) electrons. The van der Waals surface area contributed by atoms with Crippen LogP contribution in [0.15, 0.2) is 12.1 Å². The third-order valence-corrected chi connectivity index (χ3v) is 6.16. The predicted octanol–water partition coefficient (Wildman–Crippen LogP) is 3.63. The highest BCUT2D eigenvalue weighted by Crippen LogP contribution is 2.35. The number of halogens is 1. The molecule has 1 aromatic carbocycles. The van der Waals surface area contributed by atoms with E-state index in [0.717, 1.165) is 49.7 Å². The zero-order chi connectivity index (χ0) is 19.7. The van der Waals surface area contributed by atoms with Crippen LogP contribution in [0.2, 0.25) is 0 Å². The van der Waals surface area contributed by atoms with E-state index in [-0.39, 0.29) is 18.3 Å². The number of anilines is 2. The lowest BCUT2D eigenvalue weighted by Crippen LogP contribution is -2.38. The molecule has 29 heavy (non-hydrogen) atoms. The molecule has 0 atom stereocenters. The summed E-state index contributed by atoms with van der Waals surface area (Å²) < 4.78 is 10.7. The fraction of sp³-hybridized carbons (Fsp3) is 0.571. The van der Waals surface area contributed by atoms with Crippen molar-refractivity contribution >= 4 is 40.9 Å². The summed E-state index contributed by atoms with van der Waals surface area (Å²) in [6, 6.07) is 3.63. The molecule has 2 heterocycles. The van der Waals surface area contributed by atoms with Gasteiger partial charge in [-0.2, -0.15) is 4.98 Å². The average molecular weight is 421 g/mol. The topological polar surface area (TPSA) is 90.6 Å². The molecule has 8 heteroatoms. The Morgan fingerprint density at radius 2 is 1.59 bits per heavy atom. The SMILES string of the molecule is COc1cc2nc(N3CCC(C(=O)C4CCCC4)CC3)nc(N)c2cc1OC.Cl. The summed E-state index contributed by atoms with van der Waals surface area (Å²) in [5.74, 6) is 3.21. The number of nitrogens with two attached hydrogens (primary N) is 1. The smallest absolute Gasteiger partial charge is 0.227 e. The second kappa shape index (κ2) is 9.03. The van der Waals surface area contributed by atoms with E-state index >= 15 is 0 Å². The number of carbonyl (C=O) groups excluding carboxylic acids is 1. The van der Waals surface area contributed by atoms with Crippen LogP contribution in [0.1, 0.15) is 38.5 Å². The maximum Gasteiger partial charge on any atom is 0.227 e. The molecule has 0 amide bonds. The van der Waals surface area contributed by atoms with Gasteiger partial charge in [-0.1, -0.05) is 12.8 Å². The Balaban J connectivity index is 0.00000240. The first-order chi connectivity index (χ1) is 13.6. The van der Waals surface area contributed by atoms with Crippen LogP contribution in [-0.4, -0.2) is 43.1 Å². The summed E-state index contributed by atoms with van der Waals surface area (Å²) in [6.07, 6.45) is 6.29. The summed E-state index contributed by atoms with van der Waals surface area (Å²) in [5, 5.41) is 0.743. The molecular formula is C21H29ClN4O3. The van der Waals surface area contributed by atoms with Crippen LogP contribution in [-0.2, 0) is 4.79 Å². The number of carbonyl (C=O) groups is 1. The van der Waals surface area contributed by atoms with E-state index < -0.39 is 0 Å². The molecule has 1 saturated heterocycles. The zero-order valence-electron chi connectivity index (χ0n) is 17.0. The van der Waals surface area contributed by atoms with Gasteiger partial charge in [0.15, 0.2) is 11.5 Å². The van der Waals surface area contributed by atoms with Gasteiger partial charge in [-0.3, -0.25) is 4.79 Å². The molecule has 1 saturated carbocycles. The molecule has 0 unspecified atom stereocenters. The van der Waals surface area contributed by atoms with Crippen molar-refractivity contribution in [3.63, 3.8) is 0 Å². The van der Waals surface area contributed by atoms with Gasteiger partial charge in [0.25, 0.3) is 0 Å². The van der Waals surface area contributed by atoms with E-state index in [4.69, 9.17) is 20.2 Å². The molecule has 2 fully saturated rings. The molecule has 7 nitrogen and oxygen atoms in total. The fourth-order valence-corrected chi connectivity index (χ4v) is 4.52. The molecule has 2 aromatic rings. The first kappa shape index (κ1) is 21.4. The Kier molecular flexibility index (Phi) is 6.67. The Bertz CT molecular complexity index is 878. The standard InChI is InChI=1S/C21H28N4O3.ClH/c1-27-17-11-15-16(12-18(17)28-2)23-21(24-20(15)22)25-9-7-14(8-10-25)19(26)13-5-3-4-6-13;/h11-14H,3-10H2,1-2H3,(H2,22,23,24);1H. The summed E-state index contributed by atoms with van der Waals surface area (Å²) in [5.41, 5.74) is 6.94. The molecule has 1 aromatic heterocycles. The second-order valence-corrected chi connectivity index (χ2v) is 7.78. The molecule has 158 valence electrons. The van der Waals surface area contributed by atoms with Crippen molar-refractivity contribution in [2.24, 2.45) is 11.8 Å². The number of methoxy groups -OCH3 is 2. The first-order valence-electron chi connectivity index (χ1n) is 10.1. The number of ketones is 1. The van der Waals surface area contributed by atoms with Gasteiger partial charge in [0.05, 0.1) is 19.7 Å². The zero-order valence-corrected chi connectivity index (χ0v) is 17.8. The van der Waals surface area contributed by atoms with Crippen molar-refractivity contribution in [3.05, 3.63) is 12.1 Å². The van der Waals surface area contributed by atoms with E-state index in [0.29, 0.717) is 35.0 Å². The van der Waals surface area contributed by atoms with Gasteiger partial charge in [-0.15, -0.1) is 12.4 Å². The van der Waals surface area contributed by atoms with Crippen LogP contribution in [0, 0.1) is 11.8 Å². The van der Waals surface area contributed by atoms with Crippen LogP contribution in [0.25, 0.3) is 10.9 Å². The van der Waals surface area contributed by atoms with E-state index in [2.05, 4.69) is 9.88 Å². The number of ether oxygens (including phenoxy) is 2. The van der Waals surface area contributed by atoms with Crippen molar-refractivity contribution < 1.29 is 14.3 Å². The normalized spacial score (nSPS) is 17.9. The van der Waals surface area contributed by atoms with Crippen LogP contribution >= 0.6 is 12.4 Å². The third-order valence-electron chi connectivity index (χ3n) is 6.16. The van der Waals surface area contributed by atoms with Crippen molar-refractivity contribution in [2.75, 3.05) is 37.9 Å². The van der Waals surface area contributed by atoms with Gasteiger partial charge >= 0.3 is 0 Å². The minimum absolute atomic E-state index is 0. The minimum Gasteiger partial charge on any atom is -0.493 e. The van der Waals surface area contributed by atoms with Gasteiger partial charge in [0.2, 0.25) is 5.95 Å². The Morgan fingerprint density at radius 3 is 2.21 bits per heavy atom. The van der Waals surface area contributed by atoms with E-state index in [1.807, 2.05) is 6.07 Å². The number of hydrogen-bond acceptors (Lipinski definition) is 7. The Labute approximate surface area is 177 Å². The number of nitrogen functional groups attached to an aromatic ring is 1. The second-order valence-electron chi connectivity index (χ2n) is 7.78. The molecule has 0 bridgehead atoms. The van der Waals surface area contributed by atoms with E-state index in [1.165, 1.54) is 12.8 Å². The third kappa shape index (κ3) is 4.20. The van der Waals surface area contributed by atoms with Gasteiger partial charge in [0.1, 0.15) is 11.6 Å². The van der Waals surface area contributed by atoms with Gasteiger partial charge < -0.3 is 20.1 Å². The van der Waals surface area contributed by atoms with Crippen molar-refractivity contribution in [3.8, 4) is 11.5 Å². The number of benzene rings is 1. The summed E-state index contributed by atoms with van der Waals surface area (Å²) >= 11 is 0. The van der Waals surface area contributed by atoms with Crippen molar-refractivity contribution in [1.82, 2.24) is 9.97 Å². The van der Waals surface area contributed by atoms with Crippen LogP contribution < -0.4 is 20.1 Å². The summed E-state index contributed by atoms with van der Waals surface area (Å²) in [4.78, 5) is 24.1. The minimum atomic E-state index is 0. The van der Waals surface area contributed by atoms with Crippen molar-refractivity contribution in [2.45, 2.75) is 38.5 Å². The number of hydrogen-bond donors (Lipinski definition) is 1. The number of aromatic nitrogens is 2. The lowest BCUT2D eigenvalue weighted by molar-refractivity contribution is -0.127. The van der Waals surface area contributed by atoms with Crippen LogP contribution in [0.3, 0.4) is 0 Å². The highest BCUT2D eigenvalue weighted by Gasteiger charge is 2.32. The quantitative estimate of drug-likeness (QED) is 0.789. The van der Waals surface area contributed by atoms with Crippen LogP contribution in [0.5, 0.6) is 11.5 Å². The predicted molar refractivity (Wildman–Crippen MR) is 116 cm³/mol. The molecule has 2 N–H and O–H groups in total. The van der Waals surface area contributed by atoms with Crippen LogP contribution in [0.4, 0.5) is 11.8 Å².